The van der Waals surface area contributed by atoms with Crippen molar-refractivity contribution in [3.05, 3.63) is 23.8 Å². The van der Waals surface area contributed by atoms with Gasteiger partial charge in [0.2, 0.25) is 0 Å². The number of hydrogen-bond donors (Lipinski definition) is 2. The topological polar surface area (TPSA) is 62.8 Å². The largest absolute Gasteiger partial charge is 0.493 e. The summed E-state index contributed by atoms with van der Waals surface area (Å²) in [5.41, 5.74) is 3.14. The van der Waals surface area contributed by atoms with Crippen molar-refractivity contribution in [3.63, 3.8) is 0 Å². The molecule has 1 aromatic rings. The molecule has 0 unspecified atom stereocenters. The third-order valence-corrected chi connectivity index (χ3v) is 3.45. The number of hydrazine groups is 1. The fourth-order valence-electron chi connectivity index (χ4n) is 1.69. The van der Waals surface area contributed by atoms with E-state index in [1.807, 2.05) is 0 Å². The van der Waals surface area contributed by atoms with Gasteiger partial charge in [0, 0.05) is 19.7 Å². The molecule has 1 aromatic carbocycles. The van der Waals surface area contributed by atoms with E-state index in [1.54, 1.807) is 39.4 Å². The highest BCUT2D eigenvalue weighted by Crippen LogP contribution is 2.28. The van der Waals surface area contributed by atoms with Crippen LogP contribution in [-0.2, 0) is 0 Å². The Hall–Kier alpha value is -2.02. The van der Waals surface area contributed by atoms with E-state index in [0.29, 0.717) is 28.8 Å². The molecule has 0 spiro atoms. The molecule has 6 nitrogen and oxygen atoms in total. The zero-order valence-corrected chi connectivity index (χ0v) is 14.3. The van der Waals surface area contributed by atoms with Crippen LogP contribution in [0.1, 0.15) is 30.1 Å². The Balaban J connectivity index is 2.83. The molecule has 0 radical (unpaired) electrons. The summed E-state index contributed by atoms with van der Waals surface area (Å²) < 4.78 is 10.9. The molecule has 0 saturated heterocycles. The lowest BCUT2D eigenvalue weighted by Gasteiger charge is -2.20. The Labute approximate surface area is 136 Å². The van der Waals surface area contributed by atoms with E-state index in [0.717, 1.165) is 12.8 Å². The molecule has 1 rings (SSSR count). The summed E-state index contributed by atoms with van der Waals surface area (Å²) in [6.07, 6.45) is 1.98. The second-order valence-electron chi connectivity index (χ2n) is 4.62. The summed E-state index contributed by atoms with van der Waals surface area (Å²) in [5, 5.41) is 4.65. The Morgan fingerprint density at radius 3 is 2.68 bits per heavy atom. The van der Waals surface area contributed by atoms with Crippen LogP contribution in [0.3, 0.4) is 0 Å². The van der Waals surface area contributed by atoms with E-state index in [2.05, 4.69) is 17.7 Å². The van der Waals surface area contributed by atoms with Crippen LogP contribution >= 0.6 is 12.2 Å². The minimum atomic E-state index is -0.275. The predicted molar refractivity (Wildman–Crippen MR) is 90.3 cm³/mol. The van der Waals surface area contributed by atoms with Gasteiger partial charge in [-0.15, -0.1) is 0 Å². The average molecular weight is 325 g/mol. The number of carbonyl (C=O) groups is 1. The summed E-state index contributed by atoms with van der Waals surface area (Å²) >= 11 is 5.04. The van der Waals surface area contributed by atoms with Gasteiger partial charge in [-0.05, 0) is 36.8 Å². The number of ether oxygens (including phenoxy) is 2. The summed E-state index contributed by atoms with van der Waals surface area (Å²) in [5.74, 6) is 0.886. The van der Waals surface area contributed by atoms with E-state index in [-0.39, 0.29) is 5.91 Å². The third kappa shape index (κ3) is 5.07. The smallest absolute Gasteiger partial charge is 0.269 e. The van der Waals surface area contributed by atoms with Crippen molar-refractivity contribution >= 4 is 23.2 Å². The molecule has 122 valence electrons. The number of hydrogen-bond acceptors (Lipinski definition) is 4. The van der Waals surface area contributed by atoms with Gasteiger partial charge in [-0.3, -0.25) is 15.2 Å². The monoisotopic (exact) mass is 325 g/mol. The van der Waals surface area contributed by atoms with Gasteiger partial charge in [0.1, 0.15) is 0 Å². The molecule has 0 aliphatic rings. The van der Waals surface area contributed by atoms with Crippen LogP contribution in [0, 0.1) is 0 Å². The van der Waals surface area contributed by atoms with Gasteiger partial charge in [0.05, 0.1) is 13.7 Å². The molecule has 0 fully saturated rings. The van der Waals surface area contributed by atoms with Crippen molar-refractivity contribution in [1.82, 2.24) is 15.8 Å². The highest BCUT2D eigenvalue weighted by molar-refractivity contribution is 7.80. The molecule has 0 aliphatic heterocycles. The number of methoxy groups -OCH3 is 1. The molecule has 7 heteroatoms. The van der Waals surface area contributed by atoms with Crippen LogP contribution in [0.15, 0.2) is 18.2 Å². The predicted octanol–water partition coefficient (Wildman–Crippen LogP) is 1.95. The number of nitrogens with one attached hydrogen (secondary N) is 2. The molecule has 0 aromatic heterocycles. The van der Waals surface area contributed by atoms with E-state index in [9.17, 15) is 4.79 Å². The molecule has 22 heavy (non-hydrogen) atoms. The average Bonchev–Trinajstić information content (AvgIpc) is 2.53. The maximum Gasteiger partial charge on any atom is 0.269 e. The zero-order chi connectivity index (χ0) is 16.5. The second-order valence-corrected chi connectivity index (χ2v) is 5.01. The van der Waals surface area contributed by atoms with Crippen LogP contribution in [0.25, 0.3) is 0 Å². The lowest BCUT2D eigenvalue weighted by atomic mass is 10.2. The lowest BCUT2D eigenvalue weighted by molar-refractivity contribution is 0.0886. The summed E-state index contributed by atoms with van der Waals surface area (Å²) in [7, 11) is 4.93. The van der Waals surface area contributed by atoms with Crippen molar-refractivity contribution in [2.75, 3.05) is 27.8 Å². The normalized spacial score (nSPS) is 9.82. The highest BCUT2D eigenvalue weighted by Gasteiger charge is 2.13. The van der Waals surface area contributed by atoms with Crippen LogP contribution in [0.2, 0.25) is 0 Å². The maximum absolute atomic E-state index is 12.2. The minimum absolute atomic E-state index is 0.275. The summed E-state index contributed by atoms with van der Waals surface area (Å²) in [4.78, 5) is 12.2. The molecule has 0 saturated carbocycles. The van der Waals surface area contributed by atoms with Crippen molar-refractivity contribution in [3.8, 4) is 11.5 Å². The van der Waals surface area contributed by atoms with Gasteiger partial charge in [-0.1, -0.05) is 13.3 Å². The molecule has 0 atom stereocenters. The summed E-state index contributed by atoms with van der Waals surface area (Å²) in [6.45, 7) is 2.67. The van der Waals surface area contributed by atoms with Crippen molar-refractivity contribution in [2.45, 2.75) is 19.8 Å². The molecule has 0 bridgehead atoms. The van der Waals surface area contributed by atoms with Crippen LogP contribution in [0.5, 0.6) is 11.5 Å². The standard InChI is InChI=1S/C15H23N3O3S/c1-5-6-9-21-13-10-11(7-8-12(13)20-4)14(19)17-18(3)15(22)16-2/h7-8,10H,5-6,9H2,1-4H3,(H,16,22)(H,17,19). The first kappa shape index (κ1) is 18.0. The maximum atomic E-state index is 12.2. The number of nitrogens with zero attached hydrogens (tertiary/aromatic N) is 1. The van der Waals surface area contributed by atoms with Crippen molar-refractivity contribution < 1.29 is 14.3 Å². The molecule has 0 heterocycles. The Morgan fingerprint density at radius 2 is 2.09 bits per heavy atom. The first-order valence-electron chi connectivity index (χ1n) is 7.10. The molecular formula is C15H23N3O3S. The molecule has 2 N–H and O–H groups in total. The van der Waals surface area contributed by atoms with Gasteiger partial charge in [-0.25, -0.2) is 0 Å². The summed E-state index contributed by atoms with van der Waals surface area (Å²) in [6, 6.07) is 5.06. The van der Waals surface area contributed by atoms with Gasteiger partial charge in [0.25, 0.3) is 5.91 Å². The van der Waals surface area contributed by atoms with E-state index >= 15 is 0 Å². The van der Waals surface area contributed by atoms with E-state index < -0.39 is 0 Å². The van der Waals surface area contributed by atoms with Crippen molar-refractivity contribution in [1.29, 1.82) is 0 Å². The highest BCUT2D eigenvalue weighted by atomic mass is 32.1. The first-order chi connectivity index (χ1) is 10.5. The lowest BCUT2D eigenvalue weighted by Crippen LogP contribution is -2.47. The third-order valence-electron chi connectivity index (χ3n) is 2.97. The van der Waals surface area contributed by atoms with Gasteiger partial charge in [0.15, 0.2) is 16.6 Å². The SMILES string of the molecule is CCCCOc1cc(C(=O)NN(C)C(=S)NC)ccc1OC. The number of amides is 1. The van der Waals surface area contributed by atoms with Gasteiger partial charge < -0.3 is 14.8 Å². The van der Waals surface area contributed by atoms with Crippen molar-refractivity contribution in [2.24, 2.45) is 0 Å². The number of unbranched alkanes of at least 4 members (excludes halogenated alkanes) is 1. The van der Waals surface area contributed by atoms with Crippen LogP contribution < -0.4 is 20.2 Å². The van der Waals surface area contributed by atoms with E-state index in [1.165, 1.54) is 5.01 Å². The van der Waals surface area contributed by atoms with Crippen LogP contribution in [0.4, 0.5) is 0 Å². The number of rotatable bonds is 6. The van der Waals surface area contributed by atoms with Gasteiger partial charge in [-0.2, -0.15) is 0 Å². The van der Waals surface area contributed by atoms with Crippen LogP contribution in [-0.4, -0.2) is 43.8 Å². The first-order valence-corrected chi connectivity index (χ1v) is 7.51. The minimum Gasteiger partial charge on any atom is -0.493 e. The van der Waals surface area contributed by atoms with E-state index in [4.69, 9.17) is 21.7 Å². The Morgan fingerprint density at radius 1 is 1.36 bits per heavy atom. The molecule has 0 aliphatic carbocycles. The number of thiocarbonyl (C=S) groups is 1. The number of benzene rings is 1. The molecular weight excluding hydrogens is 302 g/mol. The Bertz CT molecular complexity index is 523. The van der Waals surface area contributed by atoms with Gasteiger partial charge >= 0.3 is 0 Å². The molecule has 1 amide bonds. The zero-order valence-electron chi connectivity index (χ0n) is 13.4. The quantitative estimate of drug-likeness (QED) is 0.474. The number of carbonyl (C=O) groups excluding carboxylic acids is 1. The Kier molecular flexibility index (Phi) is 7.45. The second kappa shape index (κ2) is 9.09. The fraction of sp³-hybridized carbons (Fsp3) is 0.467. The fourth-order valence-corrected chi connectivity index (χ4v) is 1.74.